The summed E-state index contributed by atoms with van der Waals surface area (Å²) in [5.41, 5.74) is 9.15. The van der Waals surface area contributed by atoms with Crippen LogP contribution >= 0.6 is 0 Å². The summed E-state index contributed by atoms with van der Waals surface area (Å²) in [4.78, 5) is 5.34. The molecule has 1 heterocycles. The fourth-order valence-electron chi connectivity index (χ4n) is 3.85. The van der Waals surface area contributed by atoms with E-state index in [0.29, 0.717) is 6.04 Å². The number of hydrogen-bond donors (Lipinski definition) is 1. The maximum atomic E-state index is 6.29. The van der Waals surface area contributed by atoms with E-state index in [4.69, 9.17) is 5.73 Å². The maximum Gasteiger partial charge on any atom is 0.0370 e. The highest BCUT2D eigenvalue weighted by Gasteiger charge is 2.36. The SMILES string of the molecule is NC1CC(N2CCN(C3CC3)CC2)c2ccccc21. The molecule has 3 heteroatoms. The van der Waals surface area contributed by atoms with Crippen molar-refractivity contribution in [1.82, 2.24) is 9.80 Å². The third kappa shape index (κ3) is 2.10. The van der Waals surface area contributed by atoms with Crippen LogP contribution in [0.3, 0.4) is 0 Å². The summed E-state index contributed by atoms with van der Waals surface area (Å²) in [6.45, 7) is 4.92. The first-order valence-corrected chi connectivity index (χ1v) is 7.65. The van der Waals surface area contributed by atoms with Crippen molar-refractivity contribution in [3.8, 4) is 0 Å². The molecular formula is C16H23N3. The third-order valence-corrected chi connectivity index (χ3v) is 5.08. The molecule has 1 aromatic carbocycles. The van der Waals surface area contributed by atoms with Crippen LogP contribution in [0.15, 0.2) is 24.3 Å². The highest BCUT2D eigenvalue weighted by atomic mass is 15.3. The van der Waals surface area contributed by atoms with Gasteiger partial charge >= 0.3 is 0 Å². The second kappa shape index (κ2) is 4.58. The second-order valence-electron chi connectivity index (χ2n) is 6.29. The number of nitrogens with zero attached hydrogens (tertiary/aromatic N) is 2. The zero-order valence-corrected chi connectivity index (χ0v) is 11.5. The Bertz CT molecular complexity index is 461. The molecule has 0 bridgehead atoms. The Morgan fingerprint density at radius 3 is 2.21 bits per heavy atom. The van der Waals surface area contributed by atoms with Crippen molar-refractivity contribution in [2.45, 2.75) is 37.4 Å². The van der Waals surface area contributed by atoms with E-state index in [2.05, 4.69) is 34.1 Å². The first-order valence-electron chi connectivity index (χ1n) is 7.65. The first kappa shape index (κ1) is 11.9. The molecular weight excluding hydrogens is 234 g/mol. The van der Waals surface area contributed by atoms with Crippen LogP contribution < -0.4 is 5.73 Å². The Morgan fingerprint density at radius 1 is 0.895 bits per heavy atom. The predicted octanol–water partition coefficient (Wildman–Crippen LogP) is 1.91. The van der Waals surface area contributed by atoms with Gasteiger partial charge in [0.1, 0.15) is 0 Å². The summed E-state index contributed by atoms with van der Waals surface area (Å²) in [5.74, 6) is 0. The lowest BCUT2D eigenvalue weighted by atomic mass is 10.1. The van der Waals surface area contributed by atoms with Gasteiger partial charge < -0.3 is 5.73 Å². The number of hydrogen-bond acceptors (Lipinski definition) is 3. The van der Waals surface area contributed by atoms with Crippen LogP contribution in [0.5, 0.6) is 0 Å². The Kier molecular flexibility index (Phi) is 2.87. The van der Waals surface area contributed by atoms with Gasteiger partial charge in [-0.2, -0.15) is 0 Å². The van der Waals surface area contributed by atoms with Crippen molar-refractivity contribution in [3.63, 3.8) is 0 Å². The Labute approximate surface area is 115 Å². The molecule has 2 unspecified atom stereocenters. The lowest BCUT2D eigenvalue weighted by molar-refractivity contribution is 0.0896. The number of fused-ring (bicyclic) bond motifs is 1. The van der Waals surface area contributed by atoms with Crippen molar-refractivity contribution in [1.29, 1.82) is 0 Å². The van der Waals surface area contributed by atoms with E-state index in [0.717, 1.165) is 12.5 Å². The fraction of sp³-hybridized carbons (Fsp3) is 0.625. The largest absolute Gasteiger partial charge is 0.324 e. The summed E-state index contributed by atoms with van der Waals surface area (Å²) in [7, 11) is 0. The molecule has 1 aromatic rings. The van der Waals surface area contributed by atoms with Gasteiger partial charge in [0.15, 0.2) is 0 Å². The monoisotopic (exact) mass is 257 g/mol. The number of rotatable bonds is 2. The minimum absolute atomic E-state index is 0.239. The minimum atomic E-state index is 0.239. The van der Waals surface area contributed by atoms with Gasteiger partial charge in [0.2, 0.25) is 0 Å². The summed E-state index contributed by atoms with van der Waals surface area (Å²) < 4.78 is 0. The predicted molar refractivity (Wildman–Crippen MR) is 76.9 cm³/mol. The van der Waals surface area contributed by atoms with Crippen LogP contribution in [-0.4, -0.2) is 42.0 Å². The zero-order chi connectivity index (χ0) is 12.8. The van der Waals surface area contributed by atoms with Gasteiger partial charge in [0, 0.05) is 44.3 Å². The summed E-state index contributed by atoms with van der Waals surface area (Å²) in [6.07, 6.45) is 3.96. The van der Waals surface area contributed by atoms with Gasteiger partial charge in [0.25, 0.3) is 0 Å². The molecule has 3 nitrogen and oxygen atoms in total. The number of benzene rings is 1. The lowest BCUT2D eigenvalue weighted by Gasteiger charge is -2.38. The van der Waals surface area contributed by atoms with Crippen LogP contribution in [0, 0.1) is 0 Å². The van der Waals surface area contributed by atoms with Crippen LogP contribution in [0.2, 0.25) is 0 Å². The van der Waals surface area contributed by atoms with Crippen LogP contribution in [0.4, 0.5) is 0 Å². The molecule has 4 rings (SSSR count). The Morgan fingerprint density at radius 2 is 1.53 bits per heavy atom. The molecule has 2 fully saturated rings. The fourth-order valence-corrected chi connectivity index (χ4v) is 3.85. The molecule has 19 heavy (non-hydrogen) atoms. The molecule has 2 aliphatic carbocycles. The Balaban J connectivity index is 1.49. The minimum Gasteiger partial charge on any atom is -0.324 e. The topological polar surface area (TPSA) is 32.5 Å². The van der Waals surface area contributed by atoms with E-state index in [1.165, 1.54) is 50.1 Å². The number of nitrogens with two attached hydrogens (primary N) is 1. The normalized spacial score (nSPS) is 32.5. The molecule has 102 valence electrons. The van der Waals surface area contributed by atoms with Crippen LogP contribution in [-0.2, 0) is 0 Å². The Hall–Kier alpha value is -0.900. The highest BCUT2D eigenvalue weighted by Crippen LogP contribution is 2.41. The van der Waals surface area contributed by atoms with Crippen molar-refractivity contribution < 1.29 is 0 Å². The molecule has 0 amide bonds. The van der Waals surface area contributed by atoms with E-state index in [-0.39, 0.29) is 6.04 Å². The van der Waals surface area contributed by atoms with Gasteiger partial charge in [-0.3, -0.25) is 9.80 Å². The van der Waals surface area contributed by atoms with Crippen molar-refractivity contribution in [3.05, 3.63) is 35.4 Å². The van der Waals surface area contributed by atoms with Crippen LogP contribution in [0.1, 0.15) is 42.5 Å². The van der Waals surface area contributed by atoms with Gasteiger partial charge in [-0.15, -0.1) is 0 Å². The quantitative estimate of drug-likeness (QED) is 0.878. The van der Waals surface area contributed by atoms with Crippen molar-refractivity contribution in [2.75, 3.05) is 26.2 Å². The van der Waals surface area contributed by atoms with Crippen molar-refractivity contribution >= 4 is 0 Å². The van der Waals surface area contributed by atoms with E-state index in [1.54, 1.807) is 0 Å². The summed E-state index contributed by atoms with van der Waals surface area (Å²) in [6, 6.07) is 10.5. The van der Waals surface area contributed by atoms with E-state index in [1.807, 2.05) is 0 Å². The van der Waals surface area contributed by atoms with Gasteiger partial charge in [-0.05, 0) is 30.4 Å². The molecule has 1 aliphatic heterocycles. The van der Waals surface area contributed by atoms with Crippen molar-refractivity contribution in [2.24, 2.45) is 5.73 Å². The highest BCUT2D eigenvalue weighted by molar-refractivity contribution is 5.37. The van der Waals surface area contributed by atoms with Crippen LogP contribution in [0.25, 0.3) is 0 Å². The second-order valence-corrected chi connectivity index (χ2v) is 6.29. The van der Waals surface area contributed by atoms with E-state index < -0.39 is 0 Å². The maximum absolute atomic E-state index is 6.29. The molecule has 0 radical (unpaired) electrons. The molecule has 2 atom stereocenters. The molecule has 1 saturated heterocycles. The molecule has 1 saturated carbocycles. The summed E-state index contributed by atoms with van der Waals surface area (Å²) >= 11 is 0. The lowest BCUT2D eigenvalue weighted by Crippen LogP contribution is -2.48. The zero-order valence-electron chi connectivity index (χ0n) is 11.5. The average molecular weight is 257 g/mol. The summed E-state index contributed by atoms with van der Waals surface area (Å²) in [5, 5.41) is 0. The van der Waals surface area contributed by atoms with Gasteiger partial charge in [-0.25, -0.2) is 0 Å². The standard InChI is InChI=1S/C16H23N3/c17-15-11-16(14-4-2-1-3-13(14)15)19-9-7-18(8-10-19)12-5-6-12/h1-4,12,15-16H,5-11,17H2. The average Bonchev–Trinajstić information content (AvgIpc) is 3.25. The molecule has 0 spiro atoms. The number of piperazine rings is 1. The third-order valence-electron chi connectivity index (χ3n) is 5.08. The molecule has 2 N–H and O–H groups in total. The van der Waals surface area contributed by atoms with Gasteiger partial charge in [0.05, 0.1) is 0 Å². The molecule has 0 aromatic heterocycles. The first-order chi connectivity index (χ1) is 9.33. The molecule has 3 aliphatic rings. The van der Waals surface area contributed by atoms with E-state index >= 15 is 0 Å². The van der Waals surface area contributed by atoms with Gasteiger partial charge in [-0.1, -0.05) is 24.3 Å². The smallest absolute Gasteiger partial charge is 0.0370 e. The van der Waals surface area contributed by atoms with E-state index in [9.17, 15) is 0 Å².